The van der Waals surface area contributed by atoms with Gasteiger partial charge in [0, 0.05) is 31.6 Å². The molecule has 0 radical (unpaired) electrons. The number of rotatable bonds is 5. The summed E-state index contributed by atoms with van der Waals surface area (Å²) in [4.78, 5) is 0. The van der Waals surface area contributed by atoms with Crippen molar-refractivity contribution in [2.75, 3.05) is 13.2 Å². The van der Waals surface area contributed by atoms with Crippen LogP contribution in [0.2, 0.25) is 0 Å². The van der Waals surface area contributed by atoms with Crippen molar-refractivity contribution in [1.82, 2.24) is 9.78 Å². The van der Waals surface area contributed by atoms with E-state index in [1.54, 1.807) is 4.68 Å². The predicted molar refractivity (Wildman–Crippen MR) is 55.8 cm³/mol. The van der Waals surface area contributed by atoms with Crippen LogP contribution in [0.5, 0.6) is 0 Å². The van der Waals surface area contributed by atoms with Crippen molar-refractivity contribution in [2.24, 2.45) is 18.2 Å². The molecule has 0 spiro atoms. The zero-order chi connectivity index (χ0) is 10.6. The molecule has 80 valence electrons. The first kappa shape index (κ1) is 11.2. The molecule has 1 heterocycles. The topological polar surface area (TPSA) is 64.1 Å². The molecule has 14 heavy (non-hydrogen) atoms. The van der Waals surface area contributed by atoms with Crippen LogP contribution in [0, 0.1) is 5.41 Å². The number of nitrogens with zero attached hydrogens (tertiary/aromatic N) is 2. The van der Waals surface area contributed by atoms with Crippen molar-refractivity contribution in [1.29, 1.82) is 0 Å². The normalized spacial score (nSPS) is 15.4. The molecular weight excluding hydrogens is 178 g/mol. The fourth-order valence-corrected chi connectivity index (χ4v) is 1.52. The highest BCUT2D eigenvalue weighted by Crippen LogP contribution is 2.24. The highest BCUT2D eigenvalue weighted by molar-refractivity contribution is 5.03. The Bertz CT molecular complexity index is 270. The molecule has 1 atom stereocenters. The third-order valence-corrected chi connectivity index (χ3v) is 2.84. The van der Waals surface area contributed by atoms with E-state index in [0.717, 1.165) is 18.5 Å². The molecule has 0 saturated heterocycles. The number of aliphatic hydroxyl groups excluding tert-OH is 1. The smallest absolute Gasteiger partial charge is 0.0631 e. The van der Waals surface area contributed by atoms with Crippen LogP contribution in [-0.4, -0.2) is 28.0 Å². The third-order valence-electron chi connectivity index (χ3n) is 2.84. The lowest BCUT2D eigenvalue weighted by molar-refractivity contribution is 0.126. The second-order valence-electron chi connectivity index (χ2n) is 3.87. The standard InChI is InChI=1S/C10H19N3O/c1-3-10(7-11,8-14)6-9-4-5-13(2)12-9/h4-5,14H,3,6-8,11H2,1-2H3. The summed E-state index contributed by atoms with van der Waals surface area (Å²) >= 11 is 0. The van der Waals surface area contributed by atoms with E-state index < -0.39 is 0 Å². The van der Waals surface area contributed by atoms with Crippen molar-refractivity contribution < 1.29 is 5.11 Å². The molecule has 0 aromatic carbocycles. The average molecular weight is 197 g/mol. The summed E-state index contributed by atoms with van der Waals surface area (Å²) in [6.45, 7) is 2.67. The molecule has 1 rings (SSSR count). The molecule has 0 fully saturated rings. The van der Waals surface area contributed by atoms with Gasteiger partial charge in [-0.15, -0.1) is 0 Å². The van der Waals surface area contributed by atoms with Crippen molar-refractivity contribution in [3.05, 3.63) is 18.0 Å². The Kier molecular flexibility index (Phi) is 3.66. The molecule has 3 N–H and O–H groups in total. The summed E-state index contributed by atoms with van der Waals surface area (Å²) in [7, 11) is 1.89. The van der Waals surface area contributed by atoms with Gasteiger partial charge in [0.25, 0.3) is 0 Å². The summed E-state index contributed by atoms with van der Waals surface area (Å²) < 4.78 is 1.77. The van der Waals surface area contributed by atoms with Gasteiger partial charge in [0.05, 0.1) is 12.3 Å². The number of hydrogen-bond acceptors (Lipinski definition) is 3. The molecule has 0 bridgehead atoms. The van der Waals surface area contributed by atoms with Crippen LogP contribution >= 0.6 is 0 Å². The Morgan fingerprint density at radius 3 is 2.71 bits per heavy atom. The maximum Gasteiger partial charge on any atom is 0.0631 e. The zero-order valence-electron chi connectivity index (χ0n) is 8.90. The van der Waals surface area contributed by atoms with Crippen LogP contribution in [0.25, 0.3) is 0 Å². The first-order chi connectivity index (χ1) is 6.65. The summed E-state index contributed by atoms with van der Waals surface area (Å²) in [5.41, 5.74) is 6.48. The van der Waals surface area contributed by atoms with Crippen LogP contribution in [0.1, 0.15) is 19.0 Å². The quantitative estimate of drug-likeness (QED) is 0.714. The lowest BCUT2D eigenvalue weighted by atomic mass is 9.81. The van der Waals surface area contributed by atoms with E-state index in [1.165, 1.54) is 0 Å². The number of aryl methyl sites for hydroxylation is 1. The second kappa shape index (κ2) is 4.57. The Morgan fingerprint density at radius 2 is 2.36 bits per heavy atom. The molecule has 0 amide bonds. The molecular formula is C10H19N3O. The van der Waals surface area contributed by atoms with E-state index in [-0.39, 0.29) is 12.0 Å². The predicted octanol–water partition coefficient (Wildman–Crippen LogP) is 0.310. The molecule has 0 aliphatic rings. The minimum Gasteiger partial charge on any atom is -0.396 e. The van der Waals surface area contributed by atoms with Crippen LogP contribution in [0.15, 0.2) is 12.3 Å². The highest BCUT2D eigenvalue weighted by atomic mass is 16.3. The fourth-order valence-electron chi connectivity index (χ4n) is 1.52. The zero-order valence-corrected chi connectivity index (χ0v) is 8.90. The van der Waals surface area contributed by atoms with Crippen molar-refractivity contribution in [3.8, 4) is 0 Å². The van der Waals surface area contributed by atoms with E-state index in [1.807, 2.05) is 26.2 Å². The summed E-state index contributed by atoms with van der Waals surface area (Å²) in [5, 5.41) is 13.6. The van der Waals surface area contributed by atoms with Gasteiger partial charge in [-0.05, 0) is 12.5 Å². The van der Waals surface area contributed by atoms with Gasteiger partial charge in [0.1, 0.15) is 0 Å². The molecule has 4 heteroatoms. The number of aliphatic hydroxyl groups is 1. The number of aromatic nitrogens is 2. The average Bonchev–Trinajstić information content (AvgIpc) is 2.61. The van der Waals surface area contributed by atoms with Crippen LogP contribution < -0.4 is 5.73 Å². The lowest BCUT2D eigenvalue weighted by Gasteiger charge is -2.27. The fraction of sp³-hybridized carbons (Fsp3) is 0.700. The van der Waals surface area contributed by atoms with Gasteiger partial charge in [0.15, 0.2) is 0 Å². The van der Waals surface area contributed by atoms with Gasteiger partial charge in [-0.25, -0.2) is 0 Å². The number of hydrogen-bond donors (Lipinski definition) is 2. The molecule has 4 nitrogen and oxygen atoms in total. The van der Waals surface area contributed by atoms with Crippen LogP contribution in [-0.2, 0) is 13.5 Å². The minimum atomic E-state index is -0.200. The third kappa shape index (κ3) is 2.33. The van der Waals surface area contributed by atoms with E-state index >= 15 is 0 Å². The Labute approximate surface area is 84.7 Å². The maximum atomic E-state index is 9.33. The molecule has 0 aliphatic heterocycles. The van der Waals surface area contributed by atoms with E-state index in [9.17, 15) is 5.11 Å². The highest BCUT2D eigenvalue weighted by Gasteiger charge is 2.26. The van der Waals surface area contributed by atoms with Crippen molar-refractivity contribution in [3.63, 3.8) is 0 Å². The van der Waals surface area contributed by atoms with Crippen molar-refractivity contribution in [2.45, 2.75) is 19.8 Å². The van der Waals surface area contributed by atoms with Gasteiger partial charge in [-0.1, -0.05) is 6.92 Å². The molecule has 1 unspecified atom stereocenters. The molecule has 1 aromatic heterocycles. The monoisotopic (exact) mass is 197 g/mol. The van der Waals surface area contributed by atoms with E-state index in [0.29, 0.717) is 6.54 Å². The van der Waals surface area contributed by atoms with Gasteiger partial charge >= 0.3 is 0 Å². The number of nitrogens with two attached hydrogens (primary N) is 1. The molecule has 1 aromatic rings. The summed E-state index contributed by atoms with van der Waals surface area (Å²) in [5.74, 6) is 0. The van der Waals surface area contributed by atoms with Crippen molar-refractivity contribution >= 4 is 0 Å². The Morgan fingerprint density at radius 1 is 1.64 bits per heavy atom. The lowest BCUT2D eigenvalue weighted by Crippen LogP contribution is -2.36. The van der Waals surface area contributed by atoms with E-state index in [2.05, 4.69) is 5.10 Å². The van der Waals surface area contributed by atoms with E-state index in [4.69, 9.17) is 5.73 Å². The minimum absolute atomic E-state index is 0.122. The maximum absolute atomic E-state index is 9.33. The largest absolute Gasteiger partial charge is 0.396 e. The molecule has 0 aliphatic carbocycles. The van der Waals surface area contributed by atoms with Gasteiger partial charge in [-0.2, -0.15) is 5.10 Å². The Hall–Kier alpha value is -0.870. The first-order valence-electron chi connectivity index (χ1n) is 4.95. The molecule has 0 saturated carbocycles. The Balaban J connectivity index is 2.73. The summed E-state index contributed by atoms with van der Waals surface area (Å²) in [6.07, 6.45) is 3.53. The SMILES string of the molecule is CCC(CN)(CO)Cc1ccn(C)n1. The second-order valence-corrected chi connectivity index (χ2v) is 3.87. The van der Waals surface area contributed by atoms with Crippen LogP contribution in [0.4, 0.5) is 0 Å². The van der Waals surface area contributed by atoms with Gasteiger partial charge in [0.2, 0.25) is 0 Å². The summed E-state index contributed by atoms with van der Waals surface area (Å²) in [6, 6.07) is 1.97. The van der Waals surface area contributed by atoms with Gasteiger partial charge in [-0.3, -0.25) is 4.68 Å². The van der Waals surface area contributed by atoms with Crippen LogP contribution in [0.3, 0.4) is 0 Å². The first-order valence-corrected chi connectivity index (χ1v) is 4.95. The van der Waals surface area contributed by atoms with Gasteiger partial charge < -0.3 is 10.8 Å².